The van der Waals surface area contributed by atoms with E-state index in [0.717, 1.165) is 62.7 Å². The second kappa shape index (κ2) is 8.09. The number of pyridine rings is 1. The van der Waals surface area contributed by atoms with Crippen molar-refractivity contribution in [2.45, 2.75) is 39.0 Å². The first-order valence-corrected chi connectivity index (χ1v) is 9.93. The fourth-order valence-corrected chi connectivity index (χ4v) is 3.89. The Morgan fingerprint density at radius 3 is 2.78 bits per heavy atom. The van der Waals surface area contributed by atoms with E-state index < -0.39 is 0 Å². The number of hydrogen-bond acceptors (Lipinski definition) is 4. The summed E-state index contributed by atoms with van der Waals surface area (Å²) in [5.74, 6) is 2.64. The lowest BCUT2D eigenvalue weighted by Gasteiger charge is -2.31. The summed E-state index contributed by atoms with van der Waals surface area (Å²) < 4.78 is 8.13. The Morgan fingerprint density at radius 2 is 1.93 bits per heavy atom. The van der Waals surface area contributed by atoms with Crippen molar-refractivity contribution in [1.29, 1.82) is 0 Å². The van der Waals surface area contributed by atoms with E-state index in [4.69, 9.17) is 4.74 Å². The molecule has 27 heavy (non-hydrogen) atoms. The van der Waals surface area contributed by atoms with Crippen LogP contribution >= 0.6 is 0 Å². The van der Waals surface area contributed by atoms with Gasteiger partial charge in [-0.2, -0.15) is 0 Å². The molecule has 142 valence electrons. The summed E-state index contributed by atoms with van der Waals surface area (Å²) in [6.07, 6.45) is 5.43. The lowest BCUT2D eigenvalue weighted by Crippen LogP contribution is -2.34. The van der Waals surface area contributed by atoms with Crippen LogP contribution in [0.4, 0.5) is 0 Å². The summed E-state index contributed by atoms with van der Waals surface area (Å²) in [6.45, 7) is 8.33. The summed E-state index contributed by atoms with van der Waals surface area (Å²) in [5.41, 5.74) is 3.40. The van der Waals surface area contributed by atoms with E-state index in [0.29, 0.717) is 5.92 Å². The van der Waals surface area contributed by atoms with Gasteiger partial charge in [-0.1, -0.05) is 18.2 Å². The zero-order valence-corrected chi connectivity index (χ0v) is 16.3. The third kappa shape index (κ3) is 4.14. The Balaban J connectivity index is 1.23. The fourth-order valence-electron chi connectivity index (χ4n) is 3.89. The highest BCUT2D eigenvalue weighted by Crippen LogP contribution is 2.27. The third-order valence-corrected chi connectivity index (χ3v) is 5.51. The molecule has 5 nitrogen and oxygen atoms in total. The van der Waals surface area contributed by atoms with Gasteiger partial charge in [-0.25, -0.2) is 0 Å². The number of hydrogen-bond donors (Lipinski definition) is 0. The maximum atomic E-state index is 5.99. The largest absolute Gasteiger partial charge is 0.493 e. The van der Waals surface area contributed by atoms with Gasteiger partial charge in [0.15, 0.2) is 5.65 Å². The Hall–Kier alpha value is -2.40. The van der Waals surface area contributed by atoms with Crippen LogP contribution in [0.1, 0.15) is 42.1 Å². The van der Waals surface area contributed by atoms with Gasteiger partial charge < -0.3 is 9.64 Å². The zero-order valence-electron chi connectivity index (χ0n) is 16.3. The SMILES string of the molecule is Cc1ccc(C)c(OCCCN2CCC(c3nnc4ccccn34)CC2)c1. The highest BCUT2D eigenvalue weighted by atomic mass is 16.5. The maximum Gasteiger partial charge on any atom is 0.160 e. The average molecular weight is 364 g/mol. The van der Waals surface area contributed by atoms with Crippen molar-refractivity contribution < 1.29 is 4.74 Å². The normalized spacial score (nSPS) is 16.1. The highest BCUT2D eigenvalue weighted by Gasteiger charge is 2.24. The molecule has 0 radical (unpaired) electrons. The van der Waals surface area contributed by atoms with Gasteiger partial charge >= 0.3 is 0 Å². The second-order valence-electron chi connectivity index (χ2n) is 7.57. The molecule has 0 atom stereocenters. The molecule has 0 aliphatic carbocycles. The van der Waals surface area contributed by atoms with E-state index in [1.165, 1.54) is 11.1 Å². The highest BCUT2D eigenvalue weighted by molar-refractivity contribution is 5.38. The van der Waals surface area contributed by atoms with Gasteiger partial charge in [0.05, 0.1) is 6.61 Å². The number of aryl methyl sites for hydroxylation is 2. The number of nitrogens with zero attached hydrogens (tertiary/aromatic N) is 4. The number of fused-ring (bicyclic) bond motifs is 1. The van der Waals surface area contributed by atoms with Crippen LogP contribution in [0.3, 0.4) is 0 Å². The first-order valence-electron chi connectivity index (χ1n) is 9.93. The fraction of sp³-hybridized carbons (Fsp3) is 0.455. The molecule has 2 aromatic heterocycles. The van der Waals surface area contributed by atoms with Crippen molar-refractivity contribution in [2.75, 3.05) is 26.2 Å². The molecule has 3 aromatic rings. The van der Waals surface area contributed by atoms with E-state index in [9.17, 15) is 0 Å². The predicted molar refractivity (Wildman–Crippen MR) is 107 cm³/mol. The van der Waals surface area contributed by atoms with Crippen LogP contribution in [0.2, 0.25) is 0 Å². The molecule has 5 heteroatoms. The number of piperidine rings is 1. The van der Waals surface area contributed by atoms with Gasteiger partial charge in [0, 0.05) is 18.7 Å². The molecule has 1 fully saturated rings. The molecule has 0 amide bonds. The maximum absolute atomic E-state index is 5.99. The minimum Gasteiger partial charge on any atom is -0.493 e. The van der Waals surface area contributed by atoms with Gasteiger partial charge in [-0.3, -0.25) is 4.40 Å². The van der Waals surface area contributed by atoms with Gasteiger partial charge in [0.2, 0.25) is 0 Å². The molecular weight excluding hydrogens is 336 g/mol. The number of ether oxygens (including phenoxy) is 1. The molecule has 3 heterocycles. The monoisotopic (exact) mass is 364 g/mol. The first-order chi connectivity index (χ1) is 13.2. The van der Waals surface area contributed by atoms with Crippen molar-refractivity contribution in [3.63, 3.8) is 0 Å². The summed E-state index contributed by atoms with van der Waals surface area (Å²) in [6, 6.07) is 12.5. The summed E-state index contributed by atoms with van der Waals surface area (Å²) in [4.78, 5) is 2.55. The van der Waals surface area contributed by atoms with Gasteiger partial charge in [0.1, 0.15) is 11.6 Å². The lowest BCUT2D eigenvalue weighted by atomic mass is 9.96. The van der Waals surface area contributed by atoms with Crippen LogP contribution in [0.25, 0.3) is 5.65 Å². The molecule has 1 aliphatic heterocycles. The molecule has 0 saturated carbocycles. The van der Waals surface area contributed by atoms with Crippen molar-refractivity contribution >= 4 is 5.65 Å². The molecule has 1 aliphatic rings. The first kappa shape index (κ1) is 18.0. The standard InChI is InChI=1S/C22H28N4O/c1-17-7-8-18(2)20(16-17)27-15-5-11-25-13-9-19(10-14-25)22-24-23-21-6-3-4-12-26(21)22/h3-4,6-8,12,16,19H,5,9-11,13-15H2,1-2H3. The van der Waals surface area contributed by atoms with Crippen LogP contribution in [0, 0.1) is 13.8 Å². The molecule has 1 aromatic carbocycles. The molecule has 4 rings (SSSR count). The Bertz CT molecular complexity index is 896. The molecule has 0 N–H and O–H groups in total. The number of aromatic nitrogens is 3. The number of benzene rings is 1. The Morgan fingerprint density at radius 1 is 1.07 bits per heavy atom. The van der Waals surface area contributed by atoms with Crippen molar-refractivity contribution in [1.82, 2.24) is 19.5 Å². The molecule has 0 spiro atoms. The Labute approximate surface area is 161 Å². The van der Waals surface area contributed by atoms with E-state index in [-0.39, 0.29) is 0 Å². The van der Waals surface area contributed by atoms with E-state index in [2.05, 4.69) is 57.7 Å². The van der Waals surface area contributed by atoms with E-state index >= 15 is 0 Å². The smallest absolute Gasteiger partial charge is 0.160 e. The average Bonchev–Trinajstić information content (AvgIpc) is 3.12. The minimum atomic E-state index is 0.504. The molecule has 1 saturated heterocycles. The summed E-state index contributed by atoms with van der Waals surface area (Å²) in [7, 11) is 0. The van der Waals surface area contributed by atoms with Crippen LogP contribution in [0.5, 0.6) is 5.75 Å². The molecule has 0 bridgehead atoms. The lowest BCUT2D eigenvalue weighted by molar-refractivity contribution is 0.190. The number of likely N-dealkylation sites (tertiary alicyclic amines) is 1. The van der Waals surface area contributed by atoms with Gasteiger partial charge in [0.25, 0.3) is 0 Å². The van der Waals surface area contributed by atoms with Crippen LogP contribution in [0.15, 0.2) is 42.6 Å². The van der Waals surface area contributed by atoms with Gasteiger partial charge in [-0.05, 0) is 75.5 Å². The minimum absolute atomic E-state index is 0.504. The zero-order chi connectivity index (χ0) is 18.6. The van der Waals surface area contributed by atoms with Gasteiger partial charge in [-0.15, -0.1) is 10.2 Å². The predicted octanol–water partition coefficient (Wildman–Crippen LogP) is 3.99. The second-order valence-corrected chi connectivity index (χ2v) is 7.57. The van der Waals surface area contributed by atoms with Crippen LogP contribution in [-0.4, -0.2) is 45.7 Å². The Kier molecular flexibility index (Phi) is 5.39. The van der Waals surface area contributed by atoms with Crippen molar-refractivity contribution in [2.24, 2.45) is 0 Å². The van der Waals surface area contributed by atoms with Crippen LogP contribution < -0.4 is 4.74 Å². The van der Waals surface area contributed by atoms with E-state index in [1.54, 1.807) is 0 Å². The topological polar surface area (TPSA) is 42.7 Å². The summed E-state index contributed by atoms with van der Waals surface area (Å²) in [5, 5.41) is 8.74. The van der Waals surface area contributed by atoms with Crippen molar-refractivity contribution in [3.05, 3.63) is 59.5 Å². The summed E-state index contributed by atoms with van der Waals surface area (Å²) >= 11 is 0. The quantitative estimate of drug-likeness (QED) is 0.620. The molecular formula is C22H28N4O. The third-order valence-electron chi connectivity index (χ3n) is 5.51. The van der Waals surface area contributed by atoms with E-state index in [1.807, 2.05) is 18.2 Å². The van der Waals surface area contributed by atoms with Crippen molar-refractivity contribution in [3.8, 4) is 5.75 Å². The number of rotatable bonds is 6. The van der Waals surface area contributed by atoms with Crippen LogP contribution in [-0.2, 0) is 0 Å². The molecule has 0 unspecified atom stereocenters.